The van der Waals surface area contributed by atoms with Crippen LogP contribution >= 0.6 is 11.6 Å². The lowest BCUT2D eigenvalue weighted by Gasteiger charge is -2.27. The molecular formula is C14H19ClO3. The van der Waals surface area contributed by atoms with Crippen molar-refractivity contribution < 1.29 is 14.6 Å². The molecular weight excluding hydrogens is 252 g/mol. The van der Waals surface area contributed by atoms with Gasteiger partial charge in [-0.3, -0.25) is 0 Å². The van der Waals surface area contributed by atoms with E-state index in [1.165, 1.54) is 0 Å². The average molecular weight is 271 g/mol. The quantitative estimate of drug-likeness (QED) is 0.491. The van der Waals surface area contributed by atoms with Gasteiger partial charge in [-0.05, 0) is 18.9 Å². The third kappa shape index (κ3) is 3.72. The molecule has 18 heavy (non-hydrogen) atoms. The predicted octanol–water partition coefficient (Wildman–Crippen LogP) is 2.84. The fourth-order valence-corrected chi connectivity index (χ4v) is 1.75. The van der Waals surface area contributed by atoms with Gasteiger partial charge in [0.25, 0.3) is 0 Å². The summed E-state index contributed by atoms with van der Waals surface area (Å²) in [6.07, 6.45) is 0.335. The number of alkyl halides is 1. The molecule has 3 nitrogen and oxygen atoms in total. The molecule has 0 saturated heterocycles. The molecule has 1 aromatic rings. The molecule has 0 fully saturated rings. The van der Waals surface area contributed by atoms with E-state index in [1.54, 1.807) is 19.1 Å². The van der Waals surface area contributed by atoms with Gasteiger partial charge >= 0.3 is 5.97 Å². The van der Waals surface area contributed by atoms with Crippen LogP contribution in [0.15, 0.2) is 30.3 Å². The van der Waals surface area contributed by atoms with E-state index in [0.29, 0.717) is 12.2 Å². The highest BCUT2D eigenvalue weighted by molar-refractivity contribution is 6.25. The Hall–Kier alpha value is -1.06. The standard InChI is InChI=1S/C14H19ClO3/c1-3-4-10-18-13(17)12(16)14(2,15)11-8-6-5-7-9-11/h5-9,12,16H,3-4,10H2,1-2H3/t12-,14-/m0/s1. The summed E-state index contributed by atoms with van der Waals surface area (Å²) in [6, 6.07) is 9.02. The number of carbonyl (C=O) groups is 1. The Morgan fingerprint density at radius 2 is 2.06 bits per heavy atom. The van der Waals surface area contributed by atoms with Crippen LogP contribution in [0.3, 0.4) is 0 Å². The molecule has 0 aliphatic heterocycles. The smallest absolute Gasteiger partial charge is 0.337 e. The molecule has 1 aromatic carbocycles. The van der Waals surface area contributed by atoms with Crippen LogP contribution in [0.1, 0.15) is 32.3 Å². The second-order valence-electron chi connectivity index (χ2n) is 4.37. The summed E-state index contributed by atoms with van der Waals surface area (Å²) < 4.78 is 4.98. The van der Waals surface area contributed by atoms with Crippen molar-refractivity contribution in [2.24, 2.45) is 0 Å². The van der Waals surface area contributed by atoms with Gasteiger partial charge in [0.2, 0.25) is 0 Å². The van der Waals surface area contributed by atoms with Crippen LogP contribution in [0.5, 0.6) is 0 Å². The minimum Gasteiger partial charge on any atom is -0.464 e. The van der Waals surface area contributed by atoms with Crippen molar-refractivity contribution in [2.75, 3.05) is 6.61 Å². The summed E-state index contributed by atoms with van der Waals surface area (Å²) in [5.74, 6) is -0.676. The summed E-state index contributed by atoms with van der Waals surface area (Å²) in [7, 11) is 0. The molecule has 100 valence electrons. The number of aliphatic hydroxyl groups is 1. The Bertz CT molecular complexity index is 376. The molecule has 2 atom stereocenters. The Morgan fingerprint density at radius 1 is 1.44 bits per heavy atom. The van der Waals surface area contributed by atoms with Gasteiger partial charge in [0.1, 0.15) is 4.87 Å². The minimum absolute atomic E-state index is 0.314. The highest BCUT2D eigenvalue weighted by Crippen LogP contribution is 2.32. The fourth-order valence-electron chi connectivity index (χ4n) is 1.54. The Balaban J connectivity index is 2.70. The normalized spacial score (nSPS) is 15.8. The van der Waals surface area contributed by atoms with E-state index in [4.69, 9.17) is 16.3 Å². The van der Waals surface area contributed by atoms with Crippen molar-refractivity contribution in [1.29, 1.82) is 0 Å². The lowest BCUT2D eigenvalue weighted by molar-refractivity contribution is -0.155. The molecule has 0 aromatic heterocycles. The number of unbranched alkanes of at least 4 members (excludes halogenated alkanes) is 1. The monoisotopic (exact) mass is 270 g/mol. The zero-order valence-corrected chi connectivity index (χ0v) is 11.5. The third-order valence-corrected chi connectivity index (χ3v) is 3.24. The van der Waals surface area contributed by atoms with Crippen molar-refractivity contribution in [3.63, 3.8) is 0 Å². The van der Waals surface area contributed by atoms with Crippen molar-refractivity contribution in [2.45, 2.75) is 37.7 Å². The van der Waals surface area contributed by atoms with Crippen LogP contribution in [0.2, 0.25) is 0 Å². The molecule has 0 aliphatic carbocycles. The number of hydrogen-bond acceptors (Lipinski definition) is 3. The maximum atomic E-state index is 11.7. The maximum absolute atomic E-state index is 11.7. The highest BCUT2D eigenvalue weighted by atomic mass is 35.5. The number of ether oxygens (including phenoxy) is 1. The average Bonchev–Trinajstić information content (AvgIpc) is 2.39. The maximum Gasteiger partial charge on any atom is 0.337 e. The Labute approximate surface area is 113 Å². The first-order valence-corrected chi connectivity index (χ1v) is 6.47. The van der Waals surface area contributed by atoms with Crippen LogP contribution < -0.4 is 0 Å². The number of aliphatic hydroxyl groups excluding tert-OH is 1. The van der Waals surface area contributed by atoms with Crippen LogP contribution in [-0.4, -0.2) is 23.8 Å². The molecule has 0 spiro atoms. The number of benzene rings is 1. The lowest BCUT2D eigenvalue weighted by Crippen LogP contribution is -2.39. The van der Waals surface area contributed by atoms with E-state index in [-0.39, 0.29) is 0 Å². The Morgan fingerprint density at radius 3 is 2.61 bits per heavy atom. The second kappa shape index (κ2) is 6.76. The van der Waals surface area contributed by atoms with E-state index in [0.717, 1.165) is 12.8 Å². The molecule has 4 heteroatoms. The van der Waals surface area contributed by atoms with E-state index in [1.807, 2.05) is 25.1 Å². The summed E-state index contributed by atoms with van der Waals surface area (Å²) in [6.45, 7) is 3.92. The first kappa shape index (κ1) is 15.0. The van der Waals surface area contributed by atoms with E-state index in [9.17, 15) is 9.90 Å². The molecule has 0 heterocycles. The molecule has 0 bridgehead atoms. The van der Waals surface area contributed by atoms with Gasteiger partial charge in [-0.15, -0.1) is 11.6 Å². The van der Waals surface area contributed by atoms with Gasteiger partial charge in [0, 0.05) is 0 Å². The second-order valence-corrected chi connectivity index (χ2v) is 5.15. The van der Waals surface area contributed by atoms with Gasteiger partial charge < -0.3 is 9.84 Å². The van der Waals surface area contributed by atoms with Crippen molar-refractivity contribution in [3.05, 3.63) is 35.9 Å². The van der Waals surface area contributed by atoms with Crippen LogP contribution in [0, 0.1) is 0 Å². The largest absolute Gasteiger partial charge is 0.464 e. The van der Waals surface area contributed by atoms with Crippen LogP contribution in [0.25, 0.3) is 0 Å². The summed E-state index contributed by atoms with van der Waals surface area (Å²) >= 11 is 6.27. The summed E-state index contributed by atoms with van der Waals surface area (Å²) in [4.78, 5) is 10.5. The molecule has 1 N–H and O–H groups in total. The van der Waals surface area contributed by atoms with Crippen molar-refractivity contribution >= 4 is 17.6 Å². The predicted molar refractivity (Wildman–Crippen MR) is 71.5 cm³/mol. The highest BCUT2D eigenvalue weighted by Gasteiger charge is 2.38. The van der Waals surface area contributed by atoms with E-state index < -0.39 is 16.9 Å². The zero-order valence-electron chi connectivity index (χ0n) is 10.7. The van der Waals surface area contributed by atoms with Gasteiger partial charge in [-0.1, -0.05) is 43.7 Å². The molecule has 1 rings (SSSR count). The number of carbonyl (C=O) groups excluding carboxylic acids is 1. The summed E-state index contributed by atoms with van der Waals surface area (Å²) in [5, 5.41) is 9.99. The molecule has 0 radical (unpaired) electrons. The van der Waals surface area contributed by atoms with Gasteiger partial charge in [0.15, 0.2) is 6.10 Å². The van der Waals surface area contributed by atoms with Gasteiger partial charge in [0.05, 0.1) is 6.61 Å². The van der Waals surface area contributed by atoms with E-state index in [2.05, 4.69) is 0 Å². The minimum atomic E-state index is -1.38. The molecule has 0 amide bonds. The number of halogens is 1. The van der Waals surface area contributed by atoms with Crippen LogP contribution in [-0.2, 0) is 14.4 Å². The molecule has 0 aliphatic rings. The first-order chi connectivity index (χ1) is 8.50. The third-order valence-electron chi connectivity index (χ3n) is 2.82. The fraction of sp³-hybridized carbons (Fsp3) is 0.500. The Kier molecular flexibility index (Phi) is 5.63. The summed E-state index contributed by atoms with van der Waals surface area (Å²) in [5.41, 5.74) is 0.687. The number of rotatable bonds is 6. The number of esters is 1. The van der Waals surface area contributed by atoms with Gasteiger partial charge in [-0.25, -0.2) is 4.79 Å². The zero-order chi connectivity index (χ0) is 13.6. The van der Waals surface area contributed by atoms with Crippen molar-refractivity contribution in [1.82, 2.24) is 0 Å². The SMILES string of the molecule is CCCCOC(=O)[C@H](O)[C@@](C)(Cl)c1ccccc1. The van der Waals surface area contributed by atoms with Crippen LogP contribution in [0.4, 0.5) is 0 Å². The first-order valence-electron chi connectivity index (χ1n) is 6.09. The molecule has 0 unspecified atom stereocenters. The number of hydrogen-bond donors (Lipinski definition) is 1. The topological polar surface area (TPSA) is 46.5 Å². The lowest BCUT2D eigenvalue weighted by atomic mass is 9.94. The molecule has 0 saturated carbocycles. The van der Waals surface area contributed by atoms with Crippen molar-refractivity contribution in [3.8, 4) is 0 Å². The van der Waals surface area contributed by atoms with Gasteiger partial charge in [-0.2, -0.15) is 0 Å². The van der Waals surface area contributed by atoms with E-state index >= 15 is 0 Å².